The van der Waals surface area contributed by atoms with Crippen molar-refractivity contribution in [1.29, 1.82) is 0 Å². The van der Waals surface area contributed by atoms with Crippen LogP contribution in [-0.2, 0) is 0 Å². The van der Waals surface area contributed by atoms with E-state index < -0.39 is 0 Å². The lowest BCUT2D eigenvalue weighted by Crippen LogP contribution is -2.29. The Balaban J connectivity index is 2.66. The third-order valence-electron chi connectivity index (χ3n) is 2.88. The number of phenols is 1. The molecule has 0 aromatic heterocycles. The zero-order valence-corrected chi connectivity index (χ0v) is 12.0. The summed E-state index contributed by atoms with van der Waals surface area (Å²) in [4.78, 5) is 15.8. The molecule has 1 N–H and O–H groups in total. The van der Waals surface area contributed by atoms with Crippen LogP contribution in [0.1, 0.15) is 16.8 Å². The van der Waals surface area contributed by atoms with Crippen molar-refractivity contribution >= 4 is 5.91 Å². The van der Waals surface area contributed by atoms with Gasteiger partial charge in [0.15, 0.2) is 0 Å². The molecule has 0 atom stereocenters. The first kappa shape index (κ1) is 15.3. The van der Waals surface area contributed by atoms with E-state index in [0.717, 1.165) is 13.0 Å². The monoisotopic (exact) mass is 266 g/mol. The Bertz CT molecular complexity index is 433. The molecular formula is C14H22N2O3. The Labute approximate surface area is 114 Å². The van der Waals surface area contributed by atoms with E-state index in [1.807, 2.05) is 14.1 Å². The molecule has 19 heavy (non-hydrogen) atoms. The fraction of sp³-hybridized carbons (Fsp3) is 0.500. The molecule has 0 aliphatic rings. The standard InChI is InChI=1S/C14H22N2O3/c1-15(2)8-5-9-16(3)14(18)12-7-6-11(19-4)10-13(12)17/h6-7,10,17H,5,8-9H2,1-4H3. The van der Waals surface area contributed by atoms with Gasteiger partial charge in [0.2, 0.25) is 0 Å². The Morgan fingerprint density at radius 1 is 1.26 bits per heavy atom. The maximum atomic E-state index is 12.2. The van der Waals surface area contributed by atoms with Gasteiger partial charge < -0.3 is 19.6 Å². The Morgan fingerprint density at radius 2 is 1.95 bits per heavy atom. The predicted octanol–water partition coefficient (Wildman–Crippen LogP) is 1.42. The number of carbonyl (C=O) groups is 1. The largest absolute Gasteiger partial charge is 0.507 e. The Morgan fingerprint density at radius 3 is 2.47 bits per heavy atom. The summed E-state index contributed by atoms with van der Waals surface area (Å²) in [5.74, 6) is 0.298. The zero-order valence-electron chi connectivity index (χ0n) is 12.0. The van der Waals surface area contributed by atoms with Gasteiger partial charge in [0.05, 0.1) is 12.7 Å². The summed E-state index contributed by atoms with van der Waals surface area (Å²) in [6.07, 6.45) is 0.895. The summed E-state index contributed by atoms with van der Waals surface area (Å²) in [6, 6.07) is 4.69. The Kier molecular flexibility index (Phi) is 5.63. The fourth-order valence-electron chi connectivity index (χ4n) is 1.75. The van der Waals surface area contributed by atoms with Gasteiger partial charge in [-0.3, -0.25) is 4.79 Å². The van der Waals surface area contributed by atoms with E-state index in [0.29, 0.717) is 17.9 Å². The molecule has 1 aromatic carbocycles. The molecule has 0 radical (unpaired) electrons. The first-order chi connectivity index (χ1) is 8.95. The highest BCUT2D eigenvalue weighted by Gasteiger charge is 2.16. The van der Waals surface area contributed by atoms with Gasteiger partial charge in [-0.15, -0.1) is 0 Å². The smallest absolute Gasteiger partial charge is 0.257 e. The first-order valence-electron chi connectivity index (χ1n) is 6.23. The maximum absolute atomic E-state index is 12.2. The summed E-state index contributed by atoms with van der Waals surface area (Å²) in [7, 11) is 7.25. The van der Waals surface area contributed by atoms with Gasteiger partial charge in [0.1, 0.15) is 11.5 Å². The lowest BCUT2D eigenvalue weighted by atomic mass is 10.1. The number of methoxy groups -OCH3 is 1. The molecule has 0 heterocycles. The van der Waals surface area contributed by atoms with Gasteiger partial charge in [-0.25, -0.2) is 0 Å². The minimum absolute atomic E-state index is 0.0520. The van der Waals surface area contributed by atoms with Gasteiger partial charge in [0, 0.05) is 19.7 Å². The number of hydrogen-bond donors (Lipinski definition) is 1. The summed E-state index contributed by atoms with van der Waals surface area (Å²) in [6.45, 7) is 1.58. The van der Waals surface area contributed by atoms with Crippen LogP contribution in [0.2, 0.25) is 0 Å². The summed E-state index contributed by atoms with van der Waals surface area (Å²) < 4.78 is 4.99. The molecule has 0 aliphatic heterocycles. The summed E-state index contributed by atoms with van der Waals surface area (Å²) in [5.41, 5.74) is 0.299. The fourth-order valence-corrected chi connectivity index (χ4v) is 1.75. The second kappa shape index (κ2) is 6.99. The molecule has 0 spiro atoms. The predicted molar refractivity (Wildman–Crippen MR) is 74.8 cm³/mol. The van der Waals surface area contributed by atoms with Crippen molar-refractivity contribution in [2.24, 2.45) is 0 Å². The molecule has 5 heteroatoms. The number of ether oxygens (including phenoxy) is 1. The minimum Gasteiger partial charge on any atom is -0.507 e. The van der Waals surface area contributed by atoms with Crippen LogP contribution in [0, 0.1) is 0 Å². The summed E-state index contributed by atoms with van der Waals surface area (Å²) in [5, 5.41) is 9.82. The highest BCUT2D eigenvalue weighted by Crippen LogP contribution is 2.24. The van der Waals surface area contributed by atoms with Gasteiger partial charge in [-0.2, -0.15) is 0 Å². The highest BCUT2D eigenvalue weighted by molar-refractivity contribution is 5.96. The second-order valence-electron chi connectivity index (χ2n) is 4.77. The molecule has 0 saturated carbocycles. The number of nitrogens with zero attached hydrogens (tertiary/aromatic N) is 2. The van der Waals surface area contributed by atoms with E-state index in [9.17, 15) is 9.90 Å². The van der Waals surface area contributed by atoms with Crippen molar-refractivity contribution in [2.45, 2.75) is 6.42 Å². The van der Waals surface area contributed by atoms with Gasteiger partial charge >= 0.3 is 0 Å². The third-order valence-corrected chi connectivity index (χ3v) is 2.88. The number of amides is 1. The molecule has 0 unspecified atom stereocenters. The van der Waals surface area contributed by atoms with Crippen molar-refractivity contribution in [3.63, 3.8) is 0 Å². The van der Waals surface area contributed by atoms with E-state index in [4.69, 9.17) is 4.74 Å². The first-order valence-corrected chi connectivity index (χ1v) is 6.23. The quantitative estimate of drug-likeness (QED) is 0.846. The molecule has 1 amide bonds. The molecular weight excluding hydrogens is 244 g/mol. The van der Waals surface area contributed by atoms with Crippen LogP contribution < -0.4 is 4.74 Å². The van der Waals surface area contributed by atoms with Crippen molar-refractivity contribution in [3.05, 3.63) is 23.8 Å². The van der Waals surface area contributed by atoms with E-state index >= 15 is 0 Å². The van der Waals surface area contributed by atoms with Gasteiger partial charge in [-0.05, 0) is 39.2 Å². The number of phenolic OH excluding ortho intramolecular Hbond substituents is 1. The van der Waals surface area contributed by atoms with Gasteiger partial charge in [0.25, 0.3) is 5.91 Å². The second-order valence-corrected chi connectivity index (χ2v) is 4.77. The number of hydrogen-bond acceptors (Lipinski definition) is 4. The van der Waals surface area contributed by atoms with Crippen molar-refractivity contribution in [1.82, 2.24) is 9.80 Å². The molecule has 5 nitrogen and oxygen atoms in total. The van der Waals surface area contributed by atoms with Crippen LogP contribution >= 0.6 is 0 Å². The number of aromatic hydroxyl groups is 1. The molecule has 1 aromatic rings. The molecule has 0 saturated heterocycles. The van der Waals surface area contributed by atoms with Crippen LogP contribution in [0.15, 0.2) is 18.2 Å². The lowest BCUT2D eigenvalue weighted by molar-refractivity contribution is 0.0787. The molecule has 0 fully saturated rings. The molecule has 106 valence electrons. The van der Waals surface area contributed by atoms with Crippen LogP contribution in [-0.4, -0.2) is 62.2 Å². The van der Waals surface area contributed by atoms with Crippen molar-refractivity contribution in [2.75, 3.05) is 41.3 Å². The van der Waals surface area contributed by atoms with Gasteiger partial charge in [-0.1, -0.05) is 0 Å². The third kappa shape index (κ3) is 4.44. The van der Waals surface area contributed by atoms with E-state index in [2.05, 4.69) is 4.90 Å². The Hall–Kier alpha value is -1.75. The normalized spacial score (nSPS) is 10.6. The van der Waals surface area contributed by atoms with E-state index in [1.165, 1.54) is 13.2 Å². The van der Waals surface area contributed by atoms with Crippen molar-refractivity contribution in [3.8, 4) is 11.5 Å². The number of benzene rings is 1. The van der Waals surface area contributed by atoms with Crippen LogP contribution in [0.4, 0.5) is 0 Å². The topological polar surface area (TPSA) is 53.0 Å². The van der Waals surface area contributed by atoms with Crippen LogP contribution in [0.3, 0.4) is 0 Å². The van der Waals surface area contributed by atoms with Crippen LogP contribution in [0.25, 0.3) is 0 Å². The molecule has 0 bridgehead atoms. The minimum atomic E-state index is -0.182. The van der Waals surface area contributed by atoms with Crippen molar-refractivity contribution < 1.29 is 14.6 Å². The average Bonchev–Trinajstić information content (AvgIpc) is 2.37. The SMILES string of the molecule is COc1ccc(C(=O)N(C)CCCN(C)C)c(O)c1. The number of carbonyl (C=O) groups excluding carboxylic acids is 1. The number of rotatable bonds is 6. The van der Waals surface area contributed by atoms with E-state index in [-0.39, 0.29) is 11.7 Å². The molecule has 0 aliphatic carbocycles. The average molecular weight is 266 g/mol. The highest BCUT2D eigenvalue weighted by atomic mass is 16.5. The van der Waals surface area contributed by atoms with Crippen LogP contribution in [0.5, 0.6) is 11.5 Å². The maximum Gasteiger partial charge on any atom is 0.257 e. The molecule has 1 rings (SSSR count). The summed E-state index contributed by atoms with van der Waals surface area (Å²) >= 11 is 0. The van der Waals surface area contributed by atoms with E-state index in [1.54, 1.807) is 24.1 Å². The lowest BCUT2D eigenvalue weighted by Gasteiger charge is -2.19. The zero-order chi connectivity index (χ0) is 14.4.